The van der Waals surface area contributed by atoms with Crippen molar-refractivity contribution in [2.24, 2.45) is 0 Å². The summed E-state index contributed by atoms with van der Waals surface area (Å²) in [5.41, 5.74) is 3.14. The van der Waals surface area contributed by atoms with E-state index in [4.69, 9.17) is 18.1 Å². The van der Waals surface area contributed by atoms with Gasteiger partial charge in [0.15, 0.2) is 5.40 Å². The molecule has 0 saturated carbocycles. The molecule has 2 rings (SSSR count). The number of nitrogens with zero attached hydrogens (tertiary/aromatic N) is 1. The van der Waals surface area contributed by atoms with E-state index in [1.54, 1.807) is 34.6 Å². The standard InChI is InChI=1S/C29H47NO7P2/c1-7-34-38(32,35-8-2)29(39(33,36-9-3)37-10-4)21-20-28(30(6)23-26-14-12-11-13-15-26)22-25-16-18-27(19-17-25)24(5)31/h11-19,24,28-29,31H,7-10,20-23H2,1-6H3. The van der Waals surface area contributed by atoms with Crippen molar-refractivity contribution in [2.75, 3.05) is 33.5 Å². The van der Waals surface area contributed by atoms with Gasteiger partial charge in [-0.2, -0.15) is 0 Å². The summed E-state index contributed by atoms with van der Waals surface area (Å²) in [5, 5.41) is 8.87. The second-order valence-electron chi connectivity index (χ2n) is 9.48. The molecular weight excluding hydrogens is 536 g/mol. The molecular formula is C29H47NO7P2. The fourth-order valence-electron chi connectivity index (χ4n) is 4.65. The molecule has 2 aromatic rings. The fourth-order valence-corrected chi connectivity index (χ4v) is 10.0. The van der Waals surface area contributed by atoms with Gasteiger partial charge in [-0.15, -0.1) is 0 Å². The molecule has 10 heteroatoms. The molecule has 0 amide bonds. The molecule has 220 valence electrons. The Balaban J connectivity index is 2.41. The van der Waals surface area contributed by atoms with Crippen molar-refractivity contribution in [1.82, 2.24) is 4.90 Å². The van der Waals surface area contributed by atoms with Crippen LogP contribution in [-0.2, 0) is 40.2 Å². The van der Waals surface area contributed by atoms with E-state index in [1.807, 2.05) is 42.5 Å². The monoisotopic (exact) mass is 583 g/mol. The Morgan fingerprint density at radius 2 is 1.23 bits per heavy atom. The summed E-state index contributed by atoms with van der Waals surface area (Å²) in [5.74, 6) is 0. The quantitative estimate of drug-likeness (QED) is 0.171. The fraction of sp³-hybridized carbons (Fsp3) is 0.586. The van der Waals surface area contributed by atoms with Gasteiger partial charge in [0.25, 0.3) is 0 Å². The van der Waals surface area contributed by atoms with Gasteiger partial charge in [0, 0.05) is 12.6 Å². The zero-order valence-corrected chi connectivity index (χ0v) is 26.1. The molecule has 0 bridgehead atoms. The minimum absolute atomic E-state index is 0.0125. The summed E-state index contributed by atoms with van der Waals surface area (Å²) in [6.07, 6.45) is 0.996. The second kappa shape index (κ2) is 16.8. The van der Waals surface area contributed by atoms with Gasteiger partial charge in [-0.25, -0.2) is 0 Å². The largest absolute Gasteiger partial charge is 0.389 e. The third kappa shape index (κ3) is 10.2. The predicted octanol–water partition coefficient (Wildman–Crippen LogP) is 7.42. The van der Waals surface area contributed by atoms with Crippen molar-refractivity contribution in [3.05, 3.63) is 71.3 Å². The van der Waals surface area contributed by atoms with Crippen molar-refractivity contribution in [3.8, 4) is 0 Å². The number of hydrogen-bond donors (Lipinski definition) is 1. The van der Waals surface area contributed by atoms with E-state index in [1.165, 1.54) is 5.56 Å². The normalized spacial score (nSPS) is 14.2. The summed E-state index contributed by atoms with van der Waals surface area (Å²) in [6, 6.07) is 18.1. The van der Waals surface area contributed by atoms with Crippen LogP contribution in [0.1, 0.15) is 70.3 Å². The molecule has 0 saturated heterocycles. The van der Waals surface area contributed by atoms with E-state index in [9.17, 15) is 14.2 Å². The van der Waals surface area contributed by atoms with Crippen LogP contribution in [0.3, 0.4) is 0 Å². The van der Waals surface area contributed by atoms with Crippen LogP contribution >= 0.6 is 15.2 Å². The summed E-state index contributed by atoms with van der Waals surface area (Å²) in [6.45, 7) is 10.0. The summed E-state index contributed by atoms with van der Waals surface area (Å²) in [7, 11) is -5.58. The molecule has 0 fully saturated rings. The van der Waals surface area contributed by atoms with Gasteiger partial charge in [0.1, 0.15) is 0 Å². The number of hydrogen-bond acceptors (Lipinski definition) is 8. The number of rotatable bonds is 19. The van der Waals surface area contributed by atoms with Crippen LogP contribution in [0.2, 0.25) is 0 Å². The first-order valence-corrected chi connectivity index (χ1v) is 17.1. The van der Waals surface area contributed by atoms with Gasteiger partial charge in [-0.1, -0.05) is 54.6 Å². The number of aliphatic hydroxyl groups excluding tert-OH is 1. The Morgan fingerprint density at radius 1 is 0.744 bits per heavy atom. The molecule has 0 aromatic heterocycles. The molecule has 0 spiro atoms. The predicted molar refractivity (Wildman–Crippen MR) is 157 cm³/mol. The first-order valence-electron chi connectivity index (χ1n) is 13.9. The van der Waals surface area contributed by atoms with Crippen LogP contribution in [-0.4, -0.2) is 54.9 Å². The summed E-state index contributed by atoms with van der Waals surface area (Å²) in [4.78, 5) is 2.26. The first kappa shape index (κ1) is 33.9. The van der Waals surface area contributed by atoms with Crippen LogP contribution in [0.15, 0.2) is 54.6 Å². The highest BCUT2D eigenvalue weighted by molar-refractivity contribution is 7.72. The molecule has 0 aliphatic rings. The molecule has 1 N–H and O–H groups in total. The van der Waals surface area contributed by atoms with Gasteiger partial charge in [-0.05, 0) is 77.6 Å². The highest BCUT2D eigenvalue weighted by Crippen LogP contribution is 2.71. The van der Waals surface area contributed by atoms with E-state index in [2.05, 4.69) is 24.1 Å². The van der Waals surface area contributed by atoms with Crippen molar-refractivity contribution >= 4 is 15.2 Å². The van der Waals surface area contributed by atoms with E-state index in [0.29, 0.717) is 19.4 Å². The molecule has 0 heterocycles. The number of aliphatic hydroxyl groups is 1. The van der Waals surface area contributed by atoms with Gasteiger partial charge < -0.3 is 23.2 Å². The molecule has 2 atom stereocenters. The lowest BCUT2D eigenvalue weighted by molar-refractivity contribution is 0.185. The van der Waals surface area contributed by atoms with E-state index >= 15 is 0 Å². The van der Waals surface area contributed by atoms with E-state index < -0.39 is 26.7 Å². The smallest absolute Gasteiger partial charge is 0.345 e. The van der Waals surface area contributed by atoms with Crippen molar-refractivity contribution in [2.45, 2.75) is 78.0 Å². The van der Waals surface area contributed by atoms with E-state index in [-0.39, 0.29) is 38.9 Å². The van der Waals surface area contributed by atoms with Crippen LogP contribution in [0.25, 0.3) is 0 Å². The van der Waals surface area contributed by atoms with Crippen molar-refractivity contribution in [3.63, 3.8) is 0 Å². The number of likely N-dealkylation sites (N-methyl/N-ethyl adjacent to an activating group) is 1. The van der Waals surface area contributed by atoms with Crippen LogP contribution < -0.4 is 0 Å². The molecule has 8 nitrogen and oxygen atoms in total. The van der Waals surface area contributed by atoms with E-state index in [0.717, 1.165) is 11.1 Å². The Bertz CT molecular complexity index is 999. The number of benzene rings is 2. The third-order valence-corrected chi connectivity index (χ3v) is 12.7. The molecule has 2 unspecified atom stereocenters. The highest BCUT2D eigenvalue weighted by Gasteiger charge is 2.50. The lowest BCUT2D eigenvalue weighted by atomic mass is 9.98. The Hall–Kier alpha value is -1.34. The first-order chi connectivity index (χ1) is 18.6. The zero-order valence-electron chi connectivity index (χ0n) is 24.3. The minimum Gasteiger partial charge on any atom is -0.389 e. The van der Waals surface area contributed by atoms with Crippen molar-refractivity contribution in [1.29, 1.82) is 0 Å². The molecule has 0 aliphatic heterocycles. The van der Waals surface area contributed by atoms with Gasteiger partial charge in [0.2, 0.25) is 0 Å². The topological polar surface area (TPSA) is 94.5 Å². The van der Waals surface area contributed by atoms with Crippen molar-refractivity contribution < 1.29 is 32.3 Å². The Labute approximate surface area is 235 Å². The van der Waals surface area contributed by atoms with Crippen LogP contribution in [0.5, 0.6) is 0 Å². The SMILES string of the molecule is CCOP(=O)(OCC)C(CCC(Cc1ccc(C(C)O)cc1)N(C)Cc1ccccc1)P(=O)(OCC)OCC. The van der Waals surface area contributed by atoms with Gasteiger partial charge >= 0.3 is 15.2 Å². The maximum Gasteiger partial charge on any atom is 0.345 e. The zero-order chi connectivity index (χ0) is 28.9. The lowest BCUT2D eigenvalue weighted by Gasteiger charge is -2.34. The highest BCUT2D eigenvalue weighted by atomic mass is 31.2. The van der Waals surface area contributed by atoms with Gasteiger partial charge in [-0.3, -0.25) is 14.0 Å². The Kier molecular flexibility index (Phi) is 14.6. The minimum atomic E-state index is -3.82. The molecule has 0 aliphatic carbocycles. The maximum atomic E-state index is 14.0. The average molecular weight is 584 g/mol. The van der Waals surface area contributed by atoms with Crippen LogP contribution in [0.4, 0.5) is 0 Å². The second-order valence-corrected chi connectivity index (χ2v) is 14.3. The van der Waals surface area contributed by atoms with Gasteiger partial charge in [0.05, 0.1) is 32.5 Å². The lowest BCUT2D eigenvalue weighted by Crippen LogP contribution is -2.34. The maximum absolute atomic E-state index is 14.0. The average Bonchev–Trinajstić information content (AvgIpc) is 2.89. The molecule has 2 aromatic carbocycles. The summed E-state index contributed by atoms with van der Waals surface area (Å²) < 4.78 is 50.8. The Morgan fingerprint density at radius 3 is 1.67 bits per heavy atom. The molecule has 0 radical (unpaired) electrons. The third-order valence-electron chi connectivity index (χ3n) is 6.56. The summed E-state index contributed by atoms with van der Waals surface area (Å²) >= 11 is 0. The van der Waals surface area contributed by atoms with Crippen LogP contribution in [0, 0.1) is 0 Å². The molecule has 39 heavy (non-hydrogen) atoms.